The van der Waals surface area contributed by atoms with Crippen molar-refractivity contribution >= 4 is 40.9 Å². The van der Waals surface area contributed by atoms with Crippen LogP contribution < -0.4 is 5.32 Å². The molecule has 0 aliphatic rings. The second kappa shape index (κ2) is 9.49. The summed E-state index contributed by atoms with van der Waals surface area (Å²) in [5.41, 5.74) is 1.69. The summed E-state index contributed by atoms with van der Waals surface area (Å²) in [4.78, 5) is 24.6. The highest BCUT2D eigenvalue weighted by Gasteiger charge is 2.13. The average molecular weight is 434 g/mol. The van der Waals surface area contributed by atoms with Crippen LogP contribution in [0.2, 0.25) is 5.15 Å². The van der Waals surface area contributed by atoms with Crippen LogP contribution in [0.25, 0.3) is 11.8 Å². The van der Waals surface area contributed by atoms with Crippen molar-refractivity contribution in [3.05, 3.63) is 75.0 Å². The van der Waals surface area contributed by atoms with Crippen LogP contribution in [0.15, 0.2) is 47.9 Å². The SMILES string of the molecule is Cc1nn(-c2ccc(F)cc2)c(Cl)c1/C=C/C(=O)OCC(=O)NCc1cccs1. The summed E-state index contributed by atoms with van der Waals surface area (Å²) in [6.45, 7) is 1.74. The molecule has 1 N–H and O–H groups in total. The minimum atomic E-state index is -0.679. The van der Waals surface area contributed by atoms with Gasteiger partial charge in [-0.2, -0.15) is 5.10 Å². The Balaban J connectivity index is 1.57. The molecule has 3 rings (SSSR count). The number of carbonyl (C=O) groups is 2. The van der Waals surface area contributed by atoms with Crippen LogP contribution in [0.1, 0.15) is 16.1 Å². The summed E-state index contributed by atoms with van der Waals surface area (Å²) in [5.74, 6) is -1.43. The van der Waals surface area contributed by atoms with E-state index >= 15 is 0 Å². The zero-order valence-corrected chi connectivity index (χ0v) is 17.0. The first-order valence-electron chi connectivity index (χ1n) is 8.59. The Hall–Kier alpha value is -2.97. The molecule has 3 aromatic rings. The molecule has 9 heteroatoms. The first-order valence-corrected chi connectivity index (χ1v) is 9.85. The van der Waals surface area contributed by atoms with Gasteiger partial charge >= 0.3 is 5.97 Å². The smallest absolute Gasteiger partial charge is 0.331 e. The van der Waals surface area contributed by atoms with E-state index in [9.17, 15) is 14.0 Å². The highest BCUT2D eigenvalue weighted by Crippen LogP contribution is 2.24. The molecule has 1 aromatic carbocycles. The Morgan fingerprint density at radius 1 is 1.31 bits per heavy atom. The van der Waals surface area contributed by atoms with Gasteiger partial charge < -0.3 is 10.1 Å². The molecule has 6 nitrogen and oxygen atoms in total. The number of halogens is 2. The Morgan fingerprint density at radius 2 is 2.07 bits per heavy atom. The maximum atomic E-state index is 13.1. The molecule has 0 atom stereocenters. The molecule has 0 aliphatic carbocycles. The molecular weight excluding hydrogens is 417 g/mol. The largest absolute Gasteiger partial charge is 0.452 e. The van der Waals surface area contributed by atoms with Gasteiger partial charge in [0.2, 0.25) is 0 Å². The Morgan fingerprint density at radius 3 is 2.76 bits per heavy atom. The third kappa shape index (κ3) is 5.52. The second-order valence-electron chi connectivity index (χ2n) is 5.98. The quantitative estimate of drug-likeness (QED) is 0.453. The molecule has 29 heavy (non-hydrogen) atoms. The number of nitrogens with zero attached hydrogens (tertiary/aromatic N) is 2. The molecule has 2 aromatic heterocycles. The number of hydrogen-bond acceptors (Lipinski definition) is 5. The van der Waals surface area contributed by atoms with Gasteiger partial charge in [0.15, 0.2) is 6.61 Å². The fraction of sp³-hybridized carbons (Fsp3) is 0.150. The standard InChI is InChI=1S/C20H17ClFN3O3S/c1-13-17(20(21)25(24-13)15-6-4-14(22)5-7-15)8-9-19(27)28-12-18(26)23-11-16-3-2-10-29-16/h2-10H,11-12H2,1H3,(H,23,26)/b9-8+. The van der Waals surface area contributed by atoms with E-state index in [0.717, 1.165) is 4.88 Å². The number of thiophene rings is 1. The Labute approximate surface area is 175 Å². The molecule has 0 saturated carbocycles. The van der Waals surface area contributed by atoms with E-state index in [1.54, 1.807) is 19.1 Å². The van der Waals surface area contributed by atoms with Crippen LogP contribution in [0, 0.1) is 12.7 Å². The van der Waals surface area contributed by atoms with Crippen molar-refractivity contribution in [3.63, 3.8) is 0 Å². The minimum Gasteiger partial charge on any atom is -0.452 e. The fourth-order valence-corrected chi connectivity index (χ4v) is 3.42. The molecule has 2 heterocycles. The fourth-order valence-electron chi connectivity index (χ4n) is 2.44. The molecule has 0 radical (unpaired) electrons. The Bertz CT molecular complexity index is 1030. The molecule has 0 saturated heterocycles. The van der Waals surface area contributed by atoms with E-state index in [4.69, 9.17) is 16.3 Å². The van der Waals surface area contributed by atoms with E-state index in [-0.39, 0.29) is 17.6 Å². The molecule has 0 bridgehead atoms. The van der Waals surface area contributed by atoms with Gasteiger partial charge in [0.1, 0.15) is 11.0 Å². The number of rotatable bonds is 7. The van der Waals surface area contributed by atoms with Crippen LogP contribution in [0.4, 0.5) is 4.39 Å². The molecule has 0 spiro atoms. The van der Waals surface area contributed by atoms with Crippen molar-refractivity contribution in [2.45, 2.75) is 13.5 Å². The summed E-state index contributed by atoms with van der Waals surface area (Å²) < 4.78 is 19.5. The lowest BCUT2D eigenvalue weighted by Crippen LogP contribution is -2.27. The third-order valence-corrected chi connectivity index (χ3v) is 5.13. The lowest BCUT2D eigenvalue weighted by molar-refractivity contribution is -0.143. The topological polar surface area (TPSA) is 73.2 Å². The van der Waals surface area contributed by atoms with Gasteiger partial charge in [-0.1, -0.05) is 17.7 Å². The number of ether oxygens (including phenoxy) is 1. The highest BCUT2D eigenvalue weighted by molar-refractivity contribution is 7.09. The zero-order valence-electron chi connectivity index (χ0n) is 15.4. The number of amides is 1. The van der Waals surface area contributed by atoms with Gasteiger partial charge in [0.25, 0.3) is 5.91 Å². The number of carbonyl (C=O) groups excluding carboxylic acids is 2. The average Bonchev–Trinajstić information content (AvgIpc) is 3.32. The monoisotopic (exact) mass is 433 g/mol. The summed E-state index contributed by atoms with van der Waals surface area (Å²) in [5, 5.41) is 9.16. The van der Waals surface area contributed by atoms with Crippen molar-refractivity contribution in [1.29, 1.82) is 0 Å². The van der Waals surface area contributed by atoms with Crippen LogP contribution in [0.3, 0.4) is 0 Å². The van der Waals surface area contributed by atoms with E-state index < -0.39 is 11.9 Å². The number of esters is 1. The first-order chi connectivity index (χ1) is 13.9. The summed E-state index contributed by atoms with van der Waals surface area (Å²) in [7, 11) is 0. The summed E-state index contributed by atoms with van der Waals surface area (Å²) >= 11 is 7.87. The number of aromatic nitrogens is 2. The molecule has 0 unspecified atom stereocenters. The van der Waals surface area contributed by atoms with E-state index in [0.29, 0.717) is 23.5 Å². The van der Waals surface area contributed by atoms with Crippen molar-refractivity contribution in [2.75, 3.05) is 6.61 Å². The number of hydrogen-bond donors (Lipinski definition) is 1. The minimum absolute atomic E-state index is 0.270. The summed E-state index contributed by atoms with van der Waals surface area (Å²) in [6.07, 6.45) is 2.65. The molecule has 1 amide bonds. The number of nitrogens with one attached hydrogen (secondary N) is 1. The van der Waals surface area contributed by atoms with Crippen LogP contribution in [-0.4, -0.2) is 28.3 Å². The lowest BCUT2D eigenvalue weighted by Gasteiger charge is -2.04. The lowest BCUT2D eigenvalue weighted by atomic mass is 10.2. The maximum Gasteiger partial charge on any atom is 0.331 e. The van der Waals surface area contributed by atoms with Gasteiger partial charge in [-0.05, 0) is 48.7 Å². The van der Waals surface area contributed by atoms with Crippen LogP contribution >= 0.6 is 22.9 Å². The molecule has 150 valence electrons. The van der Waals surface area contributed by atoms with Crippen molar-refractivity contribution in [2.24, 2.45) is 0 Å². The number of aryl methyl sites for hydroxylation is 1. The van der Waals surface area contributed by atoms with Crippen molar-refractivity contribution in [1.82, 2.24) is 15.1 Å². The first kappa shape index (κ1) is 20.8. The Kier molecular flexibility index (Phi) is 6.79. The van der Waals surface area contributed by atoms with Crippen molar-refractivity contribution < 1.29 is 18.7 Å². The van der Waals surface area contributed by atoms with E-state index in [1.807, 2.05) is 17.5 Å². The third-order valence-electron chi connectivity index (χ3n) is 3.89. The van der Waals surface area contributed by atoms with E-state index in [1.165, 1.54) is 40.3 Å². The van der Waals surface area contributed by atoms with Crippen molar-refractivity contribution in [3.8, 4) is 5.69 Å². The second-order valence-corrected chi connectivity index (χ2v) is 7.37. The highest BCUT2D eigenvalue weighted by atomic mass is 35.5. The van der Waals surface area contributed by atoms with Gasteiger partial charge in [0.05, 0.1) is 17.9 Å². The number of benzene rings is 1. The van der Waals surface area contributed by atoms with Crippen LogP contribution in [-0.2, 0) is 20.9 Å². The van der Waals surface area contributed by atoms with Gasteiger partial charge in [-0.25, -0.2) is 13.9 Å². The van der Waals surface area contributed by atoms with E-state index in [2.05, 4.69) is 10.4 Å². The predicted octanol–water partition coefficient (Wildman–Crippen LogP) is 3.91. The molecular formula is C20H17ClFN3O3S. The van der Waals surface area contributed by atoms with Gasteiger partial charge in [0, 0.05) is 16.5 Å². The van der Waals surface area contributed by atoms with Crippen LogP contribution in [0.5, 0.6) is 0 Å². The molecule has 0 fully saturated rings. The molecule has 0 aliphatic heterocycles. The van der Waals surface area contributed by atoms with Gasteiger partial charge in [-0.15, -0.1) is 11.3 Å². The summed E-state index contributed by atoms with van der Waals surface area (Å²) in [6, 6.07) is 9.49. The normalized spacial score (nSPS) is 11.0. The van der Waals surface area contributed by atoms with Gasteiger partial charge in [-0.3, -0.25) is 4.79 Å². The maximum absolute atomic E-state index is 13.1. The zero-order chi connectivity index (χ0) is 20.8. The predicted molar refractivity (Wildman–Crippen MR) is 109 cm³/mol.